The number of carbonyl (C=O) groups excluding carboxylic acids is 1. The number of alkyl halides is 6. The first-order valence-corrected chi connectivity index (χ1v) is 14.4. The van der Waals surface area contributed by atoms with Crippen LogP contribution in [0, 0.1) is 17.3 Å². The normalized spacial score (nSPS) is 29.1. The van der Waals surface area contributed by atoms with E-state index in [4.69, 9.17) is 0 Å². The summed E-state index contributed by atoms with van der Waals surface area (Å²) < 4.78 is 123. The van der Waals surface area contributed by atoms with Crippen LogP contribution >= 0.6 is 0 Å². The van der Waals surface area contributed by atoms with Crippen molar-refractivity contribution >= 4 is 25.5 Å². The summed E-state index contributed by atoms with van der Waals surface area (Å²) in [6.45, 7) is 1.91. The number of carbonyl (C=O) groups is 1. The molecule has 0 unspecified atom stereocenters. The maximum Gasteiger partial charge on any atom is 0.498 e. The molecule has 36 heavy (non-hydrogen) atoms. The van der Waals surface area contributed by atoms with E-state index < -0.39 is 58.4 Å². The number of aromatic hydroxyl groups is 1. The Balaban J connectivity index is 1.77. The number of aryl methyl sites for hydroxylation is 1. The zero-order valence-corrected chi connectivity index (χ0v) is 20.6. The van der Waals surface area contributed by atoms with Gasteiger partial charge in [0.25, 0.3) is 19.7 Å². The second kappa shape index (κ2) is 8.34. The number of rotatable bonds is 4. The third-order valence-corrected chi connectivity index (χ3v) is 12.9. The van der Waals surface area contributed by atoms with Gasteiger partial charge in [0.05, 0.1) is 0 Å². The van der Waals surface area contributed by atoms with E-state index in [0.717, 1.165) is 12.1 Å². The van der Waals surface area contributed by atoms with E-state index in [9.17, 15) is 53.1 Å². The van der Waals surface area contributed by atoms with E-state index in [-0.39, 0.29) is 23.5 Å². The highest BCUT2D eigenvalue weighted by Gasteiger charge is 2.63. The Morgan fingerprint density at radius 3 is 2.11 bits per heavy atom. The minimum Gasteiger partial charge on any atom is -0.508 e. The fourth-order valence-electron chi connectivity index (χ4n) is 6.45. The predicted molar refractivity (Wildman–Crippen MR) is 115 cm³/mol. The molecule has 6 nitrogen and oxygen atoms in total. The van der Waals surface area contributed by atoms with Gasteiger partial charge in [0.2, 0.25) is 0 Å². The summed E-state index contributed by atoms with van der Waals surface area (Å²) in [5, 5.41) is 10.4. The van der Waals surface area contributed by atoms with Crippen LogP contribution in [0.25, 0.3) is 0 Å². The summed E-state index contributed by atoms with van der Waals surface area (Å²) in [4.78, 5) is 12.5. The topological polar surface area (TPSA) is 106 Å². The van der Waals surface area contributed by atoms with Gasteiger partial charge in [0.15, 0.2) is 4.58 Å². The van der Waals surface area contributed by atoms with Crippen LogP contribution in [0.1, 0.15) is 61.6 Å². The smallest absolute Gasteiger partial charge is 0.498 e. The lowest BCUT2D eigenvalue weighted by Gasteiger charge is -2.48. The summed E-state index contributed by atoms with van der Waals surface area (Å²) in [5.41, 5.74) is -12.5. The Labute approximate surface area is 203 Å². The van der Waals surface area contributed by atoms with Gasteiger partial charge in [-0.2, -0.15) is 26.3 Å². The Bertz CT molecular complexity index is 1260. The molecule has 14 heteroatoms. The van der Waals surface area contributed by atoms with Crippen LogP contribution in [0.4, 0.5) is 26.3 Å². The van der Waals surface area contributed by atoms with E-state index in [1.165, 1.54) is 0 Å². The Morgan fingerprint density at radius 1 is 0.972 bits per heavy atom. The molecule has 0 aromatic heterocycles. The minimum absolute atomic E-state index is 0.0219. The van der Waals surface area contributed by atoms with Gasteiger partial charge in [-0.05, 0) is 72.6 Å². The Hall–Kier alpha value is -1.83. The standard InChI is InChI=1S/C22H24F6O6S2/c1-20-7-6-13-14(16(20)4-5-18(20)30)3-2-11-9-17(29)12(8-15(11)13)10-19(35(31,32)21(23,24)25)36(33,34)22(26,27)28/h8-9,13-14,16,19,29H,2-7,10H2,1H3/t13-,14+,16-,20-/m0/s1. The number of sulfone groups is 2. The van der Waals surface area contributed by atoms with Crippen molar-refractivity contribution in [3.05, 3.63) is 28.8 Å². The van der Waals surface area contributed by atoms with Gasteiger partial charge in [-0.3, -0.25) is 4.79 Å². The fraction of sp³-hybridized carbons (Fsp3) is 0.682. The van der Waals surface area contributed by atoms with Crippen LogP contribution < -0.4 is 0 Å². The molecule has 0 bridgehead atoms. The highest BCUT2D eigenvalue weighted by molar-refractivity contribution is 8.09. The van der Waals surface area contributed by atoms with Crippen LogP contribution in [0.2, 0.25) is 0 Å². The van der Waals surface area contributed by atoms with E-state index in [1.807, 2.05) is 6.92 Å². The molecule has 0 saturated heterocycles. The van der Waals surface area contributed by atoms with E-state index in [1.54, 1.807) is 0 Å². The third kappa shape index (κ3) is 4.02. The summed E-state index contributed by atoms with van der Waals surface area (Å²) in [5.74, 6) is -0.731. The van der Waals surface area contributed by atoms with Crippen molar-refractivity contribution < 1.29 is 53.1 Å². The van der Waals surface area contributed by atoms with Crippen molar-refractivity contribution in [2.75, 3.05) is 0 Å². The second-order valence-electron chi connectivity index (χ2n) is 10.1. The van der Waals surface area contributed by atoms with Gasteiger partial charge in [0, 0.05) is 18.3 Å². The lowest BCUT2D eigenvalue weighted by molar-refractivity contribution is -0.129. The van der Waals surface area contributed by atoms with Crippen LogP contribution in [0.15, 0.2) is 12.1 Å². The van der Waals surface area contributed by atoms with Crippen molar-refractivity contribution in [1.29, 1.82) is 0 Å². The lowest BCUT2D eigenvalue weighted by atomic mass is 9.55. The minimum atomic E-state index is -6.82. The molecule has 1 aromatic carbocycles. The van der Waals surface area contributed by atoms with Crippen molar-refractivity contribution in [1.82, 2.24) is 0 Å². The summed E-state index contributed by atoms with van der Waals surface area (Å²) >= 11 is 0. The Morgan fingerprint density at radius 2 is 1.56 bits per heavy atom. The molecule has 3 aliphatic carbocycles. The zero-order valence-electron chi connectivity index (χ0n) is 19.0. The predicted octanol–water partition coefficient (Wildman–Crippen LogP) is 4.56. The molecule has 1 aromatic rings. The van der Waals surface area contributed by atoms with Crippen LogP contribution in [0.5, 0.6) is 5.75 Å². The molecular weight excluding hydrogens is 538 g/mol. The van der Waals surface area contributed by atoms with Gasteiger partial charge in [-0.15, -0.1) is 0 Å². The molecule has 2 saturated carbocycles. The molecule has 0 heterocycles. The quantitative estimate of drug-likeness (QED) is 0.540. The van der Waals surface area contributed by atoms with Crippen molar-refractivity contribution in [3.8, 4) is 5.75 Å². The molecule has 2 fully saturated rings. The van der Waals surface area contributed by atoms with Crippen LogP contribution in [-0.2, 0) is 37.3 Å². The molecule has 1 N–H and O–H groups in total. The first-order chi connectivity index (χ1) is 16.3. The van der Waals surface area contributed by atoms with E-state index in [2.05, 4.69) is 0 Å². The number of phenolic OH excluding ortho intramolecular Hbond substituents is 1. The SMILES string of the molecule is C[C@]12CC[C@@H]3c4cc(CC(S(=O)(=O)C(F)(F)F)S(=O)(=O)C(F)(F)F)c(O)cc4CC[C@H]3[C@@H]1CCC2=O. The van der Waals surface area contributed by atoms with E-state index in [0.29, 0.717) is 49.7 Å². The number of phenols is 1. The zero-order chi connectivity index (χ0) is 27.1. The number of Topliss-reactive ketones (excluding diaryl/α,β-unsaturated/α-hetero) is 1. The van der Waals surface area contributed by atoms with E-state index >= 15 is 0 Å². The first kappa shape index (κ1) is 27.2. The maximum absolute atomic E-state index is 13.2. The first-order valence-electron chi connectivity index (χ1n) is 11.3. The van der Waals surface area contributed by atoms with Crippen LogP contribution in [-0.4, -0.2) is 43.3 Å². The molecule has 0 amide bonds. The highest BCUT2D eigenvalue weighted by atomic mass is 32.3. The van der Waals surface area contributed by atoms with Crippen molar-refractivity contribution in [2.45, 2.75) is 73.4 Å². The van der Waals surface area contributed by atoms with Crippen molar-refractivity contribution in [2.24, 2.45) is 17.3 Å². The number of ketones is 1. The molecule has 0 spiro atoms. The lowest BCUT2D eigenvalue weighted by Crippen LogP contribution is -2.46. The number of benzene rings is 1. The summed E-state index contributed by atoms with van der Waals surface area (Å²) in [6.07, 6.45) is 1.57. The number of hydrogen-bond donors (Lipinski definition) is 1. The monoisotopic (exact) mass is 562 g/mol. The highest BCUT2D eigenvalue weighted by Crippen LogP contribution is 2.59. The fourth-order valence-corrected chi connectivity index (χ4v) is 9.84. The second-order valence-corrected chi connectivity index (χ2v) is 14.7. The van der Waals surface area contributed by atoms with Gasteiger partial charge in [0.1, 0.15) is 11.5 Å². The molecule has 4 rings (SSSR count). The average molecular weight is 563 g/mol. The molecule has 3 aliphatic rings. The number of halogens is 6. The number of hydrogen-bond acceptors (Lipinski definition) is 6. The third-order valence-electron chi connectivity index (χ3n) is 8.36. The molecular formula is C22H24F6O6S2. The molecule has 202 valence electrons. The van der Waals surface area contributed by atoms with Crippen LogP contribution in [0.3, 0.4) is 0 Å². The van der Waals surface area contributed by atoms with Gasteiger partial charge in [-0.25, -0.2) is 16.8 Å². The average Bonchev–Trinajstić information content (AvgIpc) is 3.04. The largest absolute Gasteiger partial charge is 0.508 e. The summed E-state index contributed by atoms with van der Waals surface area (Å²) in [7, 11) is -13.6. The summed E-state index contributed by atoms with van der Waals surface area (Å²) in [6, 6.07) is 2.30. The van der Waals surface area contributed by atoms with Gasteiger partial charge >= 0.3 is 11.0 Å². The van der Waals surface area contributed by atoms with Gasteiger partial charge < -0.3 is 5.11 Å². The number of fused-ring (bicyclic) bond motifs is 5. The van der Waals surface area contributed by atoms with Crippen molar-refractivity contribution in [3.63, 3.8) is 0 Å². The Kier molecular flexibility index (Phi) is 6.30. The maximum atomic E-state index is 13.2. The molecule has 0 radical (unpaired) electrons. The van der Waals surface area contributed by atoms with Gasteiger partial charge in [-0.1, -0.05) is 13.0 Å². The molecule has 0 aliphatic heterocycles. The molecule has 4 atom stereocenters.